The van der Waals surface area contributed by atoms with Crippen LogP contribution in [0.3, 0.4) is 0 Å². The summed E-state index contributed by atoms with van der Waals surface area (Å²) in [6, 6.07) is 4.60. The van der Waals surface area contributed by atoms with Crippen molar-refractivity contribution in [2.75, 3.05) is 16.8 Å². The molecule has 1 heterocycles. The van der Waals surface area contributed by atoms with Gasteiger partial charge in [0.2, 0.25) is 0 Å². The minimum atomic E-state index is -1.36. The zero-order valence-electron chi connectivity index (χ0n) is 10.2. The number of anilines is 1. The maximum absolute atomic E-state index is 13.6. The van der Waals surface area contributed by atoms with Gasteiger partial charge in [0, 0.05) is 0 Å². The van der Waals surface area contributed by atoms with Gasteiger partial charge >= 0.3 is 0 Å². The second-order valence-electron chi connectivity index (χ2n) is 4.58. The van der Waals surface area contributed by atoms with Crippen LogP contribution in [-0.4, -0.2) is 28.1 Å². The summed E-state index contributed by atoms with van der Waals surface area (Å²) in [7, 11) is 0. The summed E-state index contributed by atoms with van der Waals surface area (Å²) in [5.41, 5.74) is -0.446. The molecule has 0 bridgehead atoms. The standard InChI is InChI=1S/C13H16FNO2S/c1-9-2-3-11(10(14)8-9)15-12(16)13(17)4-6-18-7-5-13/h2-3,8,17H,4-7H2,1H3,(H,15,16). The van der Waals surface area contributed by atoms with Crippen molar-refractivity contribution in [3.05, 3.63) is 29.6 Å². The zero-order valence-corrected chi connectivity index (χ0v) is 11.0. The highest BCUT2D eigenvalue weighted by Crippen LogP contribution is 2.28. The first kappa shape index (κ1) is 13.4. The number of benzene rings is 1. The number of amides is 1. The molecule has 1 aliphatic rings. The van der Waals surface area contributed by atoms with Gasteiger partial charge in [0.05, 0.1) is 5.69 Å². The van der Waals surface area contributed by atoms with Crippen molar-refractivity contribution in [3.8, 4) is 0 Å². The second kappa shape index (κ2) is 5.28. The lowest BCUT2D eigenvalue weighted by molar-refractivity contribution is -0.134. The van der Waals surface area contributed by atoms with E-state index in [0.717, 1.165) is 17.1 Å². The van der Waals surface area contributed by atoms with Crippen LogP contribution < -0.4 is 5.32 Å². The third kappa shape index (κ3) is 2.84. The molecular formula is C13H16FNO2S. The fourth-order valence-corrected chi connectivity index (χ4v) is 3.06. The molecular weight excluding hydrogens is 253 g/mol. The quantitative estimate of drug-likeness (QED) is 0.866. The van der Waals surface area contributed by atoms with Gasteiger partial charge in [0.1, 0.15) is 11.4 Å². The van der Waals surface area contributed by atoms with Gasteiger partial charge < -0.3 is 10.4 Å². The first-order valence-corrected chi connectivity index (χ1v) is 7.04. The van der Waals surface area contributed by atoms with Crippen LogP contribution in [0.4, 0.5) is 10.1 Å². The normalized spacial score (nSPS) is 18.4. The maximum Gasteiger partial charge on any atom is 0.256 e. The average molecular weight is 269 g/mol. The fourth-order valence-electron chi connectivity index (χ4n) is 1.90. The highest BCUT2D eigenvalue weighted by Gasteiger charge is 2.37. The molecule has 0 spiro atoms. The van der Waals surface area contributed by atoms with E-state index in [1.54, 1.807) is 24.8 Å². The Bertz CT molecular complexity index is 458. The summed E-state index contributed by atoms with van der Waals surface area (Å²) < 4.78 is 13.6. The van der Waals surface area contributed by atoms with Crippen LogP contribution in [0.25, 0.3) is 0 Å². The van der Waals surface area contributed by atoms with E-state index in [9.17, 15) is 14.3 Å². The number of aliphatic hydroxyl groups is 1. The predicted molar refractivity (Wildman–Crippen MR) is 71.3 cm³/mol. The first-order valence-electron chi connectivity index (χ1n) is 5.89. The van der Waals surface area contributed by atoms with Gasteiger partial charge in [-0.25, -0.2) is 4.39 Å². The number of hydrogen-bond donors (Lipinski definition) is 2. The number of carbonyl (C=O) groups is 1. The van der Waals surface area contributed by atoms with E-state index in [1.165, 1.54) is 12.1 Å². The zero-order chi connectivity index (χ0) is 13.2. The molecule has 1 aromatic carbocycles. The molecule has 18 heavy (non-hydrogen) atoms. The van der Waals surface area contributed by atoms with Gasteiger partial charge in [-0.15, -0.1) is 0 Å². The van der Waals surface area contributed by atoms with Crippen molar-refractivity contribution in [1.82, 2.24) is 0 Å². The molecule has 0 radical (unpaired) electrons. The summed E-state index contributed by atoms with van der Waals surface area (Å²) in [5, 5.41) is 12.7. The number of carbonyl (C=O) groups excluding carboxylic acids is 1. The molecule has 0 saturated carbocycles. The van der Waals surface area contributed by atoms with Gasteiger partial charge in [0.15, 0.2) is 0 Å². The third-order valence-corrected chi connectivity index (χ3v) is 4.10. The van der Waals surface area contributed by atoms with Crippen molar-refractivity contribution in [1.29, 1.82) is 0 Å². The molecule has 1 aliphatic heterocycles. The highest BCUT2D eigenvalue weighted by molar-refractivity contribution is 7.99. The lowest BCUT2D eigenvalue weighted by atomic mass is 9.95. The van der Waals surface area contributed by atoms with E-state index in [2.05, 4.69) is 5.32 Å². The average Bonchev–Trinajstić information content (AvgIpc) is 2.33. The fraction of sp³-hybridized carbons (Fsp3) is 0.462. The van der Waals surface area contributed by atoms with Gasteiger partial charge in [-0.05, 0) is 49.0 Å². The number of rotatable bonds is 2. The van der Waals surface area contributed by atoms with Crippen molar-refractivity contribution < 1.29 is 14.3 Å². The Morgan fingerprint density at radius 3 is 2.72 bits per heavy atom. The number of hydrogen-bond acceptors (Lipinski definition) is 3. The third-order valence-electron chi connectivity index (χ3n) is 3.12. The Morgan fingerprint density at radius 1 is 1.44 bits per heavy atom. The van der Waals surface area contributed by atoms with Gasteiger partial charge in [-0.3, -0.25) is 4.79 Å². The second-order valence-corrected chi connectivity index (χ2v) is 5.81. The molecule has 1 saturated heterocycles. The summed E-state index contributed by atoms with van der Waals surface area (Å²) in [5.74, 6) is 0.517. The predicted octanol–water partition coefficient (Wildman–Crippen LogP) is 2.33. The minimum absolute atomic E-state index is 0.122. The molecule has 0 atom stereocenters. The van der Waals surface area contributed by atoms with Crippen LogP contribution in [0.2, 0.25) is 0 Å². The van der Waals surface area contributed by atoms with E-state index in [0.29, 0.717) is 12.8 Å². The van der Waals surface area contributed by atoms with E-state index < -0.39 is 17.3 Å². The van der Waals surface area contributed by atoms with Crippen LogP contribution in [0.15, 0.2) is 18.2 Å². The SMILES string of the molecule is Cc1ccc(NC(=O)C2(O)CCSCC2)c(F)c1. The number of thioether (sulfide) groups is 1. The minimum Gasteiger partial charge on any atom is -0.380 e. The summed E-state index contributed by atoms with van der Waals surface area (Å²) in [6.07, 6.45) is 0.827. The van der Waals surface area contributed by atoms with Crippen molar-refractivity contribution in [2.45, 2.75) is 25.4 Å². The maximum atomic E-state index is 13.6. The Kier molecular flexibility index (Phi) is 3.92. The summed E-state index contributed by atoms with van der Waals surface area (Å²) in [4.78, 5) is 12.0. The molecule has 5 heteroatoms. The molecule has 2 N–H and O–H groups in total. The van der Waals surface area contributed by atoms with Gasteiger partial charge in [-0.2, -0.15) is 11.8 Å². The lowest BCUT2D eigenvalue weighted by Crippen LogP contribution is -2.45. The highest BCUT2D eigenvalue weighted by atomic mass is 32.2. The van der Waals surface area contributed by atoms with Gasteiger partial charge in [-0.1, -0.05) is 6.07 Å². The van der Waals surface area contributed by atoms with E-state index in [1.807, 2.05) is 0 Å². The number of aryl methyl sites for hydroxylation is 1. The molecule has 0 unspecified atom stereocenters. The number of nitrogens with one attached hydrogen (secondary N) is 1. The molecule has 0 aliphatic carbocycles. The Morgan fingerprint density at radius 2 is 2.11 bits per heavy atom. The Hall–Kier alpha value is -1.07. The Balaban J connectivity index is 2.11. The number of halogens is 1. The van der Waals surface area contributed by atoms with Crippen LogP contribution in [-0.2, 0) is 4.79 Å². The molecule has 2 rings (SSSR count). The van der Waals surface area contributed by atoms with Gasteiger partial charge in [0.25, 0.3) is 5.91 Å². The molecule has 3 nitrogen and oxygen atoms in total. The largest absolute Gasteiger partial charge is 0.380 e. The van der Waals surface area contributed by atoms with E-state index >= 15 is 0 Å². The van der Waals surface area contributed by atoms with E-state index in [4.69, 9.17) is 0 Å². The molecule has 98 valence electrons. The van der Waals surface area contributed by atoms with Crippen LogP contribution in [0.1, 0.15) is 18.4 Å². The molecule has 1 aromatic rings. The van der Waals surface area contributed by atoms with Crippen molar-refractivity contribution >= 4 is 23.4 Å². The monoisotopic (exact) mass is 269 g/mol. The Labute approximate surface area is 110 Å². The van der Waals surface area contributed by atoms with Crippen LogP contribution in [0, 0.1) is 12.7 Å². The van der Waals surface area contributed by atoms with Crippen LogP contribution >= 0.6 is 11.8 Å². The smallest absolute Gasteiger partial charge is 0.256 e. The van der Waals surface area contributed by atoms with E-state index in [-0.39, 0.29) is 5.69 Å². The lowest BCUT2D eigenvalue weighted by Gasteiger charge is -2.30. The first-order chi connectivity index (χ1) is 8.51. The molecule has 1 amide bonds. The van der Waals surface area contributed by atoms with Crippen molar-refractivity contribution in [2.24, 2.45) is 0 Å². The summed E-state index contributed by atoms with van der Waals surface area (Å²) in [6.45, 7) is 1.78. The topological polar surface area (TPSA) is 49.3 Å². The summed E-state index contributed by atoms with van der Waals surface area (Å²) >= 11 is 1.71. The molecule has 0 aromatic heterocycles. The van der Waals surface area contributed by atoms with Crippen LogP contribution in [0.5, 0.6) is 0 Å². The molecule has 1 fully saturated rings. The van der Waals surface area contributed by atoms with Crippen molar-refractivity contribution in [3.63, 3.8) is 0 Å².